The third kappa shape index (κ3) is 1.32. The van der Waals surface area contributed by atoms with Gasteiger partial charge in [0, 0.05) is 12.0 Å². The maximum atomic E-state index is 11.3. The Bertz CT molecular complexity index is 376. The Morgan fingerprint density at radius 2 is 2.36 bits per heavy atom. The number of rotatable bonds is 1. The van der Waals surface area contributed by atoms with E-state index in [1.165, 1.54) is 0 Å². The smallest absolute Gasteiger partial charge is 0.340 e. The summed E-state index contributed by atoms with van der Waals surface area (Å²) in [7, 11) is 1.56. The van der Waals surface area contributed by atoms with Gasteiger partial charge in [-0.15, -0.1) is 0 Å². The molecule has 14 heavy (non-hydrogen) atoms. The summed E-state index contributed by atoms with van der Waals surface area (Å²) in [6, 6.07) is 3.36. The van der Waals surface area contributed by atoms with Crippen molar-refractivity contribution in [2.75, 3.05) is 13.7 Å². The van der Waals surface area contributed by atoms with Crippen molar-refractivity contribution in [1.29, 1.82) is 0 Å². The van der Waals surface area contributed by atoms with E-state index in [-0.39, 0.29) is 11.9 Å². The topological polar surface area (TPSA) is 48.4 Å². The van der Waals surface area contributed by atoms with Crippen molar-refractivity contribution in [3.8, 4) is 5.88 Å². The number of nitrogens with zero attached hydrogens (tertiary/aromatic N) is 1. The molecule has 1 unspecified atom stereocenters. The van der Waals surface area contributed by atoms with Crippen molar-refractivity contribution < 1.29 is 14.3 Å². The lowest BCUT2D eigenvalue weighted by molar-refractivity contribution is 0.0444. The van der Waals surface area contributed by atoms with E-state index in [1.807, 2.05) is 6.92 Å². The van der Waals surface area contributed by atoms with Gasteiger partial charge in [-0.05, 0) is 6.07 Å². The number of hydrogen-bond donors (Lipinski definition) is 0. The van der Waals surface area contributed by atoms with Crippen LogP contribution in [0.1, 0.15) is 28.9 Å². The van der Waals surface area contributed by atoms with E-state index in [2.05, 4.69) is 4.98 Å². The van der Waals surface area contributed by atoms with Gasteiger partial charge in [0.1, 0.15) is 0 Å². The third-order valence-electron chi connectivity index (χ3n) is 2.26. The highest BCUT2D eigenvalue weighted by atomic mass is 16.5. The lowest BCUT2D eigenvalue weighted by atomic mass is 10.0. The van der Waals surface area contributed by atoms with Gasteiger partial charge in [0.2, 0.25) is 5.88 Å². The molecule has 0 fully saturated rings. The Morgan fingerprint density at radius 1 is 1.57 bits per heavy atom. The summed E-state index contributed by atoms with van der Waals surface area (Å²) < 4.78 is 9.97. The highest BCUT2D eigenvalue weighted by Crippen LogP contribution is 2.26. The van der Waals surface area contributed by atoms with Crippen LogP contribution in [0.4, 0.5) is 0 Å². The van der Waals surface area contributed by atoms with Crippen molar-refractivity contribution in [2.24, 2.45) is 0 Å². The van der Waals surface area contributed by atoms with Gasteiger partial charge in [0.15, 0.2) is 0 Å². The van der Waals surface area contributed by atoms with Crippen molar-refractivity contribution >= 4 is 5.97 Å². The number of carbonyl (C=O) groups is 1. The molecule has 0 N–H and O–H groups in total. The van der Waals surface area contributed by atoms with Crippen LogP contribution in [0, 0.1) is 0 Å². The van der Waals surface area contributed by atoms with Crippen LogP contribution in [-0.4, -0.2) is 24.7 Å². The van der Waals surface area contributed by atoms with Crippen LogP contribution in [0.15, 0.2) is 12.1 Å². The predicted molar refractivity (Wildman–Crippen MR) is 49.5 cm³/mol. The zero-order valence-corrected chi connectivity index (χ0v) is 8.11. The van der Waals surface area contributed by atoms with Crippen LogP contribution < -0.4 is 4.74 Å². The fraction of sp³-hybridized carbons (Fsp3) is 0.400. The average molecular weight is 193 g/mol. The molecular weight excluding hydrogens is 182 g/mol. The first-order valence-electron chi connectivity index (χ1n) is 4.44. The largest absolute Gasteiger partial charge is 0.481 e. The molecule has 0 aromatic carbocycles. The summed E-state index contributed by atoms with van der Waals surface area (Å²) in [4.78, 5) is 15.6. The highest BCUT2D eigenvalue weighted by Gasteiger charge is 2.25. The van der Waals surface area contributed by atoms with Gasteiger partial charge in [-0.1, -0.05) is 6.92 Å². The molecule has 2 heterocycles. The number of pyridine rings is 1. The Labute approximate surface area is 81.9 Å². The number of ether oxygens (including phenoxy) is 2. The van der Waals surface area contributed by atoms with Gasteiger partial charge in [-0.3, -0.25) is 0 Å². The molecular formula is C10H11NO3. The van der Waals surface area contributed by atoms with Gasteiger partial charge in [-0.2, -0.15) is 0 Å². The first-order chi connectivity index (χ1) is 6.72. The van der Waals surface area contributed by atoms with Gasteiger partial charge < -0.3 is 9.47 Å². The van der Waals surface area contributed by atoms with Crippen molar-refractivity contribution in [3.63, 3.8) is 0 Å². The van der Waals surface area contributed by atoms with Crippen molar-refractivity contribution in [3.05, 3.63) is 23.4 Å². The molecule has 1 aliphatic rings. The lowest BCUT2D eigenvalue weighted by Gasteiger charge is -2.20. The highest BCUT2D eigenvalue weighted by molar-refractivity contribution is 5.91. The SMILES string of the molecule is COc1ccc2c(n1)C(C)COC2=O. The molecule has 4 nitrogen and oxygen atoms in total. The van der Waals surface area contributed by atoms with Crippen LogP contribution in [0.25, 0.3) is 0 Å². The molecule has 4 heteroatoms. The molecule has 2 rings (SSSR count). The van der Waals surface area contributed by atoms with E-state index in [0.717, 1.165) is 5.69 Å². The minimum Gasteiger partial charge on any atom is -0.481 e. The fourth-order valence-electron chi connectivity index (χ4n) is 1.48. The second-order valence-electron chi connectivity index (χ2n) is 3.29. The fourth-order valence-corrected chi connectivity index (χ4v) is 1.48. The zero-order chi connectivity index (χ0) is 10.1. The summed E-state index contributed by atoms with van der Waals surface area (Å²) in [5.74, 6) is 0.372. The number of aromatic nitrogens is 1. The minimum absolute atomic E-state index is 0.137. The average Bonchev–Trinajstić information content (AvgIpc) is 2.23. The van der Waals surface area contributed by atoms with Gasteiger partial charge in [-0.25, -0.2) is 9.78 Å². The van der Waals surface area contributed by atoms with Gasteiger partial charge >= 0.3 is 5.97 Å². The van der Waals surface area contributed by atoms with Gasteiger partial charge in [0.05, 0.1) is 25.0 Å². The number of esters is 1. The Hall–Kier alpha value is -1.58. The standard InChI is InChI=1S/C10H11NO3/c1-6-5-14-10(12)7-3-4-8(13-2)11-9(6)7/h3-4,6H,5H2,1-2H3. The second kappa shape index (κ2) is 3.29. The van der Waals surface area contributed by atoms with Crippen molar-refractivity contribution in [1.82, 2.24) is 4.98 Å². The quantitative estimate of drug-likeness (QED) is 0.632. The Kier molecular flexibility index (Phi) is 2.11. The minimum atomic E-state index is -0.298. The molecule has 0 bridgehead atoms. The van der Waals surface area contributed by atoms with Crippen molar-refractivity contribution in [2.45, 2.75) is 12.8 Å². The van der Waals surface area contributed by atoms with E-state index in [4.69, 9.17) is 9.47 Å². The first-order valence-corrected chi connectivity index (χ1v) is 4.44. The second-order valence-corrected chi connectivity index (χ2v) is 3.29. The number of methoxy groups -OCH3 is 1. The molecule has 1 aliphatic heterocycles. The lowest BCUT2D eigenvalue weighted by Crippen LogP contribution is -2.22. The summed E-state index contributed by atoms with van der Waals surface area (Å²) in [5, 5.41) is 0. The number of hydrogen-bond acceptors (Lipinski definition) is 4. The summed E-state index contributed by atoms with van der Waals surface area (Å²) >= 11 is 0. The van der Waals surface area contributed by atoms with E-state index in [9.17, 15) is 4.79 Å². The molecule has 1 aromatic rings. The number of fused-ring (bicyclic) bond motifs is 1. The summed E-state index contributed by atoms with van der Waals surface area (Å²) in [6.45, 7) is 2.36. The molecule has 0 spiro atoms. The summed E-state index contributed by atoms with van der Waals surface area (Å²) in [6.07, 6.45) is 0. The van der Waals surface area contributed by atoms with E-state index >= 15 is 0 Å². The molecule has 1 aromatic heterocycles. The van der Waals surface area contributed by atoms with Crippen LogP contribution in [0.5, 0.6) is 5.88 Å². The molecule has 0 radical (unpaired) electrons. The third-order valence-corrected chi connectivity index (χ3v) is 2.26. The van der Waals surface area contributed by atoms with Crippen LogP contribution in [0.2, 0.25) is 0 Å². The van der Waals surface area contributed by atoms with E-state index in [1.54, 1.807) is 19.2 Å². The molecule has 0 saturated carbocycles. The Morgan fingerprint density at radius 3 is 3.07 bits per heavy atom. The maximum Gasteiger partial charge on any atom is 0.340 e. The maximum absolute atomic E-state index is 11.3. The molecule has 0 amide bonds. The molecule has 74 valence electrons. The summed E-state index contributed by atoms with van der Waals surface area (Å²) in [5.41, 5.74) is 1.31. The van der Waals surface area contributed by atoms with Crippen LogP contribution >= 0.6 is 0 Å². The van der Waals surface area contributed by atoms with Crippen LogP contribution in [0.3, 0.4) is 0 Å². The van der Waals surface area contributed by atoms with E-state index in [0.29, 0.717) is 18.1 Å². The zero-order valence-electron chi connectivity index (χ0n) is 8.11. The van der Waals surface area contributed by atoms with Crippen LogP contribution in [-0.2, 0) is 4.74 Å². The van der Waals surface area contributed by atoms with E-state index < -0.39 is 0 Å². The molecule has 1 atom stereocenters. The monoisotopic (exact) mass is 193 g/mol. The Balaban J connectivity index is 2.50. The van der Waals surface area contributed by atoms with Gasteiger partial charge in [0.25, 0.3) is 0 Å². The molecule has 0 aliphatic carbocycles. The number of cyclic esters (lactones) is 1. The number of carbonyl (C=O) groups excluding carboxylic acids is 1. The predicted octanol–water partition coefficient (Wildman–Crippen LogP) is 1.36. The molecule has 0 saturated heterocycles. The first kappa shape index (κ1) is 8.99. The normalized spacial score (nSPS) is 19.9.